The topological polar surface area (TPSA) is 24.9 Å². The van der Waals surface area contributed by atoms with Gasteiger partial charge in [-0.05, 0) is 38.6 Å². The van der Waals surface area contributed by atoms with E-state index in [-0.39, 0.29) is 6.04 Å². The van der Waals surface area contributed by atoms with E-state index in [1.807, 2.05) is 33.0 Å². The van der Waals surface area contributed by atoms with Gasteiger partial charge < -0.3 is 5.32 Å². The summed E-state index contributed by atoms with van der Waals surface area (Å²) in [5.74, 6) is 0. The molecule has 0 aliphatic carbocycles. The summed E-state index contributed by atoms with van der Waals surface area (Å²) >= 11 is 0. The third-order valence-electron chi connectivity index (χ3n) is 2.97. The van der Waals surface area contributed by atoms with Crippen molar-refractivity contribution in [1.29, 1.82) is 0 Å². The minimum absolute atomic E-state index is 0.182. The lowest BCUT2D eigenvalue weighted by Gasteiger charge is -2.19. The van der Waals surface area contributed by atoms with Gasteiger partial charge in [-0.2, -0.15) is 0 Å². The van der Waals surface area contributed by atoms with Crippen LogP contribution in [0.4, 0.5) is 0 Å². The zero-order valence-electron chi connectivity index (χ0n) is 10.6. The van der Waals surface area contributed by atoms with E-state index < -0.39 is 0 Å². The van der Waals surface area contributed by atoms with Gasteiger partial charge in [-0.25, -0.2) is 0 Å². The highest BCUT2D eigenvalue weighted by atomic mass is 14.9. The lowest BCUT2D eigenvalue weighted by atomic mass is 9.96. The first-order valence-corrected chi connectivity index (χ1v) is 5.82. The molecule has 0 spiro atoms. The van der Waals surface area contributed by atoms with Crippen LogP contribution in [0.3, 0.4) is 0 Å². The maximum absolute atomic E-state index is 4.55. The van der Waals surface area contributed by atoms with Crippen LogP contribution in [0.25, 0.3) is 10.9 Å². The second kappa shape index (κ2) is 4.68. The molecule has 0 bridgehead atoms. The Bertz CT molecular complexity index is 558. The van der Waals surface area contributed by atoms with Crippen molar-refractivity contribution < 1.29 is 0 Å². The van der Waals surface area contributed by atoms with Crippen molar-refractivity contribution in [1.82, 2.24) is 10.3 Å². The first kappa shape index (κ1) is 11.8. The third kappa shape index (κ3) is 2.22. The molecule has 0 saturated heterocycles. The Morgan fingerprint density at radius 1 is 1.35 bits per heavy atom. The molecule has 17 heavy (non-hydrogen) atoms. The van der Waals surface area contributed by atoms with Gasteiger partial charge in [0.2, 0.25) is 0 Å². The SMILES string of the molecule is C=C(C)C(NC)c1cc(C)nc2ccccc12. The molecule has 0 radical (unpaired) electrons. The second-order valence-electron chi connectivity index (χ2n) is 4.44. The number of likely N-dealkylation sites (N-methyl/N-ethyl adjacent to an activating group) is 1. The predicted molar refractivity (Wildman–Crippen MR) is 73.1 cm³/mol. The van der Waals surface area contributed by atoms with Gasteiger partial charge >= 0.3 is 0 Å². The molecule has 1 aromatic carbocycles. The maximum Gasteiger partial charge on any atom is 0.0708 e. The number of aromatic nitrogens is 1. The lowest BCUT2D eigenvalue weighted by molar-refractivity contribution is 0.683. The van der Waals surface area contributed by atoms with Crippen molar-refractivity contribution in [3.63, 3.8) is 0 Å². The summed E-state index contributed by atoms with van der Waals surface area (Å²) in [6, 6.07) is 10.6. The van der Waals surface area contributed by atoms with E-state index in [0.717, 1.165) is 16.8 Å². The van der Waals surface area contributed by atoms with Crippen LogP contribution in [0.5, 0.6) is 0 Å². The third-order valence-corrected chi connectivity index (χ3v) is 2.97. The summed E-state index contributed by atoms with van der Waals surface area (Å²) in [4.78, 5) is 4.55. The van der Waals surface area contributed by atoms with Gasteiger partial charge in [-0.15, -0.1) is 0 Å². The summed E-state index contributed by atoms with van der Waals surface area (Å²) in [5, 5.41) is 4.50. The minimum Gasteiger partial charge on any atom is -0.310 e. The highest BCUT2D eigenvalue weighted by molar-refractivity contribution is 5.83. The van der Waals surface area contributed by atoms with Crippen molar-refractivity contribution in [2.75, 3.05) is 7.05 Å². The van der Waals surface area contributed by atoms with Gasteiger partial charge in [-0.3, -0.25) is 4.98 Å². The van der Waals surface area contributed by atoms with Crippen LogP contribution in [0.2, 0.25) is 0 Å². The molecule has 0 saturated carbocycles. The largest absolute Gasteiger partial charge is 0.310 e. The fourth-order valence-electron chi connectivity index (χ4n) is 2.25. The van der Waals surface area contributed by atoms with Crippen LogP contribution in [0.1, 0.15) is 24.2 Å². The maximum atomic E-state index is 4.55. The van der Waals surface area contributed by atoms with E-state index in [1.54, 1.807) is 0 Å². The lowest BCUT2D eigenvalue weighted by Crippen LogP contribution is -2.17. The molecule has 0 aliphatic rings. The molecule has 1 unspecified atom stereocenters. The zero-order valence-corrected chi connectivity index (χ0v) is 10.6. The number of hydrogen-bond donors (Lipinski definition) is 1. The summed E-state index contributed by atoms with van der Waals surface area (Å²) in [6.07, 6.45) is 0. The number of nitrogens with one attached hydrogen (secondary N) is 1. The van der Waals surface area contributed by atoms with Gasteiger partial charge in [-0.1, -0.05) is 30.4 Å². The molecule has 1 heterocycles. The molecule has 0 aliphatic heterocycles. The molecule has 1 N–H and O–H groups in total. The Balaban J connectivity index is 2.70. The molecule has 1 atom stereocenters. The molecule has 2 nitrogen and oxygen atoms in total. The average Bonchev–Trinajstić information content (AvgIpc) is 2.29. The van der Waals surface area contributed by atoms with Crippen LogP contribution < -0.4 is 5.32 Å². The quantitative estimate of drug-likeness (QED) is 0.811. The van der Waals surface area contributed by atoms with E-state index in [9.17, 15) is 0 Å². The smallest absolute Gasteiger partial charge is 0.0708 e. The van der Waals surface area contributed by atoms with Crippen molar-refractivity contribution in [3.05, 3.63) is 53.7 Å². The summed E-state index contributed by atoms with van der Waals surface area (Å²) in [6.45, 7) is 8.13. The summed E-state index contributed by atoms with van der Waals surface area (Å²) < 4.78 is 0. The molecule has 2 rings (SSSR count). The number of rotatable bonds is 3. The average molecular weight is 226 g/mol. The van der Waals surface area contributed by atoms with Crippen molar-refractivity contribution in [2.24, 2.45) is 0 Å². The van der Waals surface area contributed by atoms with Crippen LogP contribution in [0.15, 0.2) is 42.5 Å². The molecular weight excluding hydrogens is 208 g/mol. The Labute approximate surface area is 102 Å². The molecule has 0 fully saturated rings. The van der Waals surface area contributed by atoms with Gasteiger partial charge in [0.05, 0.1) is 11.6 Å². The second-order valence-corrected chi connectivity index (χ2v) is 4.44. The monoisotopic (exact) mass is 226 g/mol. The molecule has 88 valence electrons. The Hall–Kier alpha value is -1.67. The first-order valence-electron chi connectivity index (χ1n) is 5.82. The van der Waals surface area contributed by atoms with E-state index >= 15 is 0 Å². The van der Waals surface area contributed by atoms with Crippen LogP contribution >= 0.6 is 0 Å². The number of para-hydroxylation sites is 1. The molecule has 2 aromatic rings. The van der Waals surface area contributed by atoms with Crippen molar-refractivity contribution in [2.45, 2.75) is 19.9 Å². The fourth-order valence-corrected chi connectivity index (χ4v) is 2.25. The van der Waals surface area contributed by atoms with E-state index in [4.69, 9.17) is 0 Å². The number of fused-ring (bicyclic) bond motifs is 1. The number of pyridine rings is 1. The van der Waals surface area contributed by atoms with Crippen molar-refractivity contribution in [3.8, 4) is 0 Å². The molecule has 0 amide bonds. The van der Waals surface area contributed by atoms with Crippen LogP contribution in [-0.4, -0.2) is 12.0 Å². The summed E-state index contributed by atoms with van der Waals surface area (Å²) in [5.41, 5.74) is 4.45. The molecule has 1 aromatic heterocycles. The van der Waals surface area contributed by atoms with Gasteiger partial charge in [0.25, 0.3) is 0 Å². The molecule has 2 heteroatoms. The van der Waals surface area contributed by atoms with Crippen molar-refractivity contribution >= 4 is 10.9 Å². The summed E-state index contributed by atoms with van der Waals surface area (Å²) in [7, 11) is 1.96. The highest BCUT2D eigenvalue weighted by Gasteiger charge is 2.14. The van der Waals surface area contributed by atoms with Gasteiger partial charge in [0.15, 0.2) is 0 Å². The highest BCUT2D eigenvalue weighted by Crippen LogP contribution is 2.27. The Morgan fingerprint density at radius 3 is 2.71 bits per heavy atom. The normalized spacial score (nSPS) is 12.6. The van der Waals surface area contributed by atoms with Gasteiger partial charge in [0.1, 0.15) is 0 Å². The number of hydrogen-bond acceptors (Lipinski definition) is 2. The fraction of sp³-hybridized carbons (Fsp3) is 0.267. The predicted octanol–water partition coefficient (Wildman–Crippen LogP) is 3.38. The standard InChI is InChI=1S/C15H18N2/c1-10(2)15(16-4)13-9-11(3)17-14-8-6-5-7-12(13)14/h5-9,15-16H,1H2,2-4H3. The number of aryl methyl sites for hydroxylation is 1. The number of benzene rings is 1. The van der Waals surface area contributed by atoms with E-state index in [1.165, 1.54) is 10.9 Å². The Kier molecular flexibility index (Phi) is 3.25. The van der Waals surface area contributed by atoms with Gasteiger partial charge in [0, 0.05) is 11.1 Å². The first-order chi connectivity index (χ1) is 8.13. The van der Waals surface area contributed by atoms with E-state index in [0.29, 0.717) is 0 Å². The zero-order chi connectivity index (χ0) is 12.4. The minimum atomic E-state index is 0.182. The Morgan fingerprint density at radius 2 is 2.06 bits per heavy atom. The van der Waals surface area contributed by atoms with Crippen LogP contribution in [-0.2, 0) is 0 Å². The van der Waals surface area contributed by atoms with Crippen LogP contribution in [0, 0.1) is 6.92 Å². The van der Waals surface area contributed by atoms with E-state index in [2.05, 4.69) is 35.1 Å². The molecular formula is C15H18N2. The number of nitrogens with zero attached hydrogens (tertiary/aromatic N) is 1.